The lowest BCUT2D eigenvalue weighted by Gasteiger charge is -2.43. The van der Waals surface area contributed by atoms with Gasteiger partial charge in [0, 0.05) is 17.9 Å². The number of amides is 1. The van der Waals surface area contributed by atoms with Crippen LogP contribution in [0.3, 0.4) is 0 Å². The number of carbonyl (C=O) groups excluding carboxylic acids is 2. The molecule has 1 aromatic carbocycles. The maximum Gasteiger partial charge on any atom is 0.322 e. The molecule has 1 aromatic rings. The summed E-state index contributed by atoms with van der Waals surface area (Å²) in [6.45, 7) is 3.78. The van der Waals surface area contributed by atoms with Gasteiger partial charge in [-0.1, -0.05) is 48.9 Å². The number of hydrogen-bond donors (Lipinski definition) is 2. The van der Waals surface area contributed by atoms with E-state index in [4.69, 9.17) is 4.74 Å². The van der Waals surface area contributed by atoms with E-state index in [0.29, 0.717) is 6.42 Å². The third-order valence-corrected chi connectivity index (χ3v) is 5.98. The van der Waals surface area contributed by atoms with Crippen LogP contribution in [0.2, 0.25) is 0 Å². The van der Waals surface area contributed by atoms with Crippen molar-refractivity contribution in [3.63, 3.8) is 0 Å². The molecule has 2 aliphatic rings. The number of aliphatic hydroxyl groups is 1. The highest BCUT2D eigenvalue weighted by Gasteiger charge is 2.67. The minimum atomic E-state index is -1.36. The summed E-state index contributed by atoms with van der Waals surface area (Å²) in [6.07, 6.45) is 2.51. The van der Waals surface area contributed by atoms with E-state index in [1.54, 1.807) is 0 Å². The van der Waals surface area contributed by atoms with E-state index in [1.165, 1.54) is 7.11 Å². The van der Waals surface area contributed by atoms with Crippen LogP contribution in [-0.2, 0) is 20.7 Å². The first kappa shape index (κ1) is 17.7. The van der Waals surface area contributed by atoms with Gasteiger partial charge in [-0.25, -0.2) is 0 Å². The summed E-state index contributed by atoms with van der Waals surface area (Å²) in [7, 11) is 1.30. The van der Waals surface area contributed by atoms with Crippen LogP contribution < -0.4 is 5.32 Å². The first-order chi connectivity index (χ1) is 12.0. The van der Waals surface area contributed by atoms with Gasteiger partial charge < -0.3 is 15.2 Å². The second-order valence-electron chi connectivity index (χ2n) is 7.14. The van der Waals surface area contributed by atoms with Crippen LogP contribution in [0.15, 0.2) is 42.0 Å². The Balaban J connectivity index is 2.07. The third kappa shape index (κ3) is 2.58. The molecule has 0 unspecified atom stereocenters. The summed E-state index contributed by atoms with van der Waals surface area (Å²) >= 11 is 0. The molecule has 2 N–H and O–H groups in total. The number of esters is 1. The summed E-state index contributed by atoms with van der Waals surface area (Å²) < 4.78 is 5.04. The van der Waals surface area contributed by atoms with Gasteiger partial charge in [-0.3, -0.25) is 9.59 Å². The van der Waals surface area contributed by atoms with Gasteiger partial charge in [0.2, 0.25) is 5.91 Å². The van der Waals surface area contributed by atoms with Crippen molar-refractivity contribution in [2.45, 2.75) is 26.3 Å². The topological polar surface area (TPSA) is 75.6 Å². The lowest BCUT2D eigenvalue weighted by molar-refractivity contribution is -0.166. The largest absolute Gasteiger partial charge is 0.468 e. The fourth-order valence-corrected chi connectivity index (χ4v) is 4.68. The zero-order valence-corrected chi connectivity index (χ0v) is 14.9. The predicted octanol–water partition coefficient (Wildman–Crippen LogP) is 1.71. The number of carbonyl (C=O) groups is 2. The van der Waals surface area contributed by atoms with Gasteiger partial charge in [-0.05, 0) is 24.8 Å². The predicted molar refractivity (Wildman–Crippen MR) is 93.5 cm³/mol. The smallest absolute Gasteiger partial charge is 0.322 e. The second kappa shape index (κ2) is 6.64. The van der Waals surface area contributed by atoms with Crippen molar-refractivity contribution >= 4 is 11.9 Å². The van der Waals surface area contributed by atoms with E-state index in [0.717, 1.165) is 11.1 Å². The highest BCUT2D eigenvalue weighted by atomic mass is 16.5. The van der Waals surface area contributed by atoms with Gasteiger partial charge in [-0.15, -0.1) is 0 Å². The molecule has 0 saturated carbocycles. The molecule has 5 atom stereocenters. The minimum absolute atomic E-state index is 0.0366. The molecule has 1 saturated heterocycles. The van der Waals surface area contributed by atoms with Crippen LogP contribution in [0, 0.1) is 23.2 Å². The normalized spacial score (nSPS) is 34.1. The number of fused-ring (bicyclic) bond motifs is 1. The molecule has 5 heteroatoms. The molecular weight excluding hydrogens is 318 g/mol. The molecule has 1 amide bonds. The number of hydrogen-bond acceptors (Lipinski definition) is 4. The number of allylic oxidation sites excluding steroid dienone is 1. The van der Waals surface area contributed by atoms with Crippen molar-refractivity contribution in [2.24, 2.45) is 23.2 Å². The highest BCUT2D eigenvalue weighted by molar-refractivity contribution is 6.06. The fraction of sp³-hybridized carbons (Fsp3) is 0.500. The van der Waals surface area contributed by atoms with Crippen LogP contribution in [-0.4, -0.2) is 36.7 Å². The van der Waals surface area contributed by atoms with Gasteiger partial charge in [0.1, 0.15) is 0 Å². The minimum Gasteiger partial charge on any atom is -0.468 e. The standard InChI is InChI=1S/C20H25NO4/c1-12-9-15(11-22)20(19(24)25-3)17(13(12)2)16(21-18(20)23)10-14-7-5-4-6-8-14/h4-9,13,15-17,22H,10-11H2,1-3H3,(H,21,23)/t13-,15+,16+,17+,20+/m1/s1. The van der Waals surface area contributed by atoms with E-state index in [2.05, 4.69) is 5.32 Å². The number of aliphatic hydroxyl groups excluding tert-OH is 1. The molecule has 5 nitrogen and oxygen atoms in total. The number of ether oxygens (including phenoxy) is 1. The SMILES string of the molecule is COC(=O)[C@]12C(=O)N[C@@H](Cc3ccccc3)[C@@H]1[C@H](C)C(C)=C[C@H]2CO. The summed E-state index contributed by atoms with van der Waals surface area (Å²) in [5, 5.41) is 12.9. The lowest BCUT2D eigenvalue weighted by Crippen LogP contribution is -2.54. The molecule has 0 bridgehead atoms. The Labute approximate surface area is 148 Å². The van der Waals surface area contributed by atoms with Crippen molar-refractivity contribution in [2.75, 3.05) is 13.7 Å². The average molecular weight is 343 g/mol. The van der Waals surface area contributed by atoms with E-state index in [1.807, 2.05) is 50.3 Å². The Kier molecular flexibility index (Phi) is 4.69. The van der Waals surface area contributed by atoms with Crippen molar-refractivity contribution in [1.82, 2.24) is 5.32 Å². The van der Waals surface area contributed by atoms with E-state index in [9.17, 15) is 14.7 Å². The molecule has 0 spiro atoms. The molecule has 25 heavy (non-hydrogen) atoms. The fourth-order valence-electron chi connectivity index (χ4n) is 4.68. The Morgan fingerprint density at radius 1 is 1.32 bits per heavy atom. The van der Waals surface area contributed by atoms with Gasteiger partial charge in [-0.2, -0.15) is 0 Å². The highest BCUT2D eigenvalue weighted by Crippen LogP contribution is 2.53. The number of rotatable bonds is 4. The third-order valence-electron chi connectivity index (χ3n) is 5.98. The van der Waals surface area contributed by atoms with Crippen LogP contribution in [0.4, 0.5) is 0 Å². The molecular formula is C20H25NO4. The summed E-state index contributed by atoms with van der Waals surface area (Å²) in [5.41, 5.74) is 0.841. The zero-order valence-electron chi connectivity index (χ0n) is 14.9. The van der Waals surface area contributed by atoms with E-state index in [-0.39, 0.29) is 30.4 Å². The van der Waals surface area contributed by atoms with Crippen molar-refractivity contribution in [1.29, 1.82) is 0 Å². The Hall–Kier alpha value is -2.14. The van der Waals surface area contributed by atoms with Crippen LogP contribution in [0.25, 0.3) is 0 Å². The molecule has 1 aliphatic carbocycles. The van der Waals surface area contributed by atoms with Crippen molar-refractivity contribution in [3.05, 3.63) is 47.5 Å². The molecule has 1 heterocycles. The Morgan fingerprint density at radius 2 is 2.00 bits per heavy atom. The quantitative estimate of drug-likeness (QED) is 0.496. The molecule has 3 rings (SSSR count). The number of benzene rings is 1. The van der Waals surface area contributed by atoms with Crippen LogP contribution in [0.1, 0.15) is 19.4 Å². The number of nitrogens with one attached hydrogen (secondary N) is 1. The van der Waals surface area contributed by atoms with Crippen molar-refractivity contribution < 1.29 is 19.4 Å². The maximum absolute atomic E-state index is 13.0. The van der Waals surface area contributed by atoms with Crippen molar-refractivity contribution in [3.8, 4) is 0 Å². The summed E-state index contributed by atoms with van der Waals surface area (Å²) in [6, 6.07) is 9.74. The maximum atomic E-state index is 13.0. The zero-order chi connectivity index (χ0) is 18.2. The molecule has 0 aromatic heterocycles. The monoisotopic (exact) mass is 343 g/mol. The average Bonchev–Trinajstić information content (AvgIpc) is 2.91. The summed E-state index contributed by atoms with van der Waals surface area (Å²) in [5.74, 6) is -1.67. The van der Waals surface area contributed by atoms with E-state index < -0.39 is 17.3 Å². The second-order valence-corrected chi connectivity index (χ2v) is 7.14. The molecule has 134 valence electrons. The van der Waals surface area contributed by atoms with E-state index >= 15 is 0 Å². The lowest BCUT2D eigenvalue weighted by atomic mass is 9.57. The van der Waals surface area contributed by atoms with Gasteiger partial charge in [0.05, 0.1) is 13.7 Å². The Morgan fingerprint density at radius 3 is 2.60 bits per heavy atom. The van der Waals surface area contributed by atoms with Gasteiger partial charge >= 0.3 is 5.97 Å². The van der Waals surface area contributed by atoms with Crippen LogP contribution >= 0.6 is 0 Å². The van der Waals surface area contributed by atoms with Gasteiger partial charge in [0.15, 0.2) is 5.41 Å². The van der Waals surface area contributed by atoms with Gasteiger partial charge in [0.25, 0.3) is 0 Å². The first-order valence-electron chi connectivity index (χ1n) is 8.69. The summed E-state index contributed by atoms with van der Waals surface area (Å²) in [4.78, 5) is 25.8. The Bertz CT molecular complexity index is 699. The molecule has 1 aliphatic heterocycles. The molecule has 1 fully saturated rings. The molecule has 0 radical (unpaired) electrons. The van der Waals surface area contributed by atoms with Crippen LogP contribution in [0.5, 0.6) is 0 Å². The number of methoxy groups -OCH3 is 1. The first-order valence-corrected chi connectivity index (χ1v) is 8.69.